The fourth-order valence-electron chi connectivity index (χ4n) is 1.43. The minimum atomic E-state index is 0.773. The molecule has 0 saturated carbocycles. The number of thiophene rings is 1. The molecule has 0 aliphatic carbocycles. The molecule has 0 aliphatic rings. The van der Waals surface area contributed by atoms with Crippen LogP contribution in [-0.4, -0.2) is 17.0 Å². The highest BCUT2D eigenvalue weighted by Crippen LogP contribution is 2.32. The molecular formula is C11H12BrN3S. The molecule has 0 fully saturated rings. The van der Waals surface area contributed by atoms with Crippen molar-refractivity contribution < 1.29 is 0 Å². The van der Waals surface area contributed by atoms with Gasteiger partial charge in [-0.15, -0.1) is 11.3 Å². The molecule has 0 saturated heterocycles. The molecule has 5 heteroatoms. The van der Waals surface area contributed by atoms with Crippen molar-refractivity contribution in [2.45, 2.75) is 13.8 Å². The first kappa shape index (κ1) is 11.5. The van der Waals surface area contributed by atoms with Crippen LogP contribution in [0.25, 0.3) is 10.7 Å². The lowest BCUT2D eigenvalue weighted by Gasteiger charge is -2.08. The van der Waals surface area contributed by atoms with Crippen molar-refractivity contribution in [1.29, 1.82) is 0 Å². The van der Waals surface area contributed by atoms with Gasteiger partial charge in [0.1, 0.15) is 5.82 Å². The number of aryl methyl sites for hydroxylation is 1. The minimum absolute atomic E-state index is 0.773. The van der Waals surface area contributed by atoms with E-state index < -0.39 is 0 Å². The normalized spacial score (nSPS) is 10.5. The monoisotopic (exact) mass is 297 g/mol. The number of aromatic nitrogens is 2. The highest BCUT2D eigenvalue weighted by Gasteiger charge is 2.11. The summed E-state index contributed by atoms with van der Waals surface area (Å²) in [5.74, 6) is 1.66. The fraction of sp³-hybridized carbons (Fsp3) is 0.273. The summed E-state index contributed by atoms with van der Waals surface area (Å²) < 4.78 is 1.04. The molecule has 0 aliphatic heterocycles. The summed E-state index contributed by atoms with van der Waals surface area (Å²) in [4.78, 5) is 10.1. The van der Waals surface area contributed by atoms with E-state index in [4.69, 9.17) is 0 Å². The van der Waals surface area contributed by atoms with Gasteiger partial charge in [-0.3, -0.25) is 0 Å². The third-order valence-electron chi connectivity index (χ3n) is 2.45. The van der Waals surface area contributed by atoms with Crippen molar-refractivity contribution in [2.24, 2.45) is 0 Å². The number of rotatable bonds is 2. The van der Waals surface area contributed by atoms with Crippen LogP contribution in [0.5, 0.6) is 0 Å². The smallest absolute Gasteiger partial charge is 0.173 e. The number of anilines is 1. The van der Waals surface area contributed by atoms with Crippen molar-refractivity contribution in [3.05, 3.63) is 27.2 Å². The Bertz CT molecular complexity index is 522. The Labute approximate surface area is 107 Å². The van der Waals surface area contributed by atoms with Gasteiger partial charge in [0, 0.05) is 22.8 Å². The first-order valence-electron chi connectivity index (χ1n) is 4.90. The topological polar surface area (TPSA) is 37.8 Å². The summed E-state index contributed by atoms with van der Waals surface area (Å²) in [5, 5.41) is 5.12. The van der Waals surface area contributed by atoms with E-state index in [-0.39, 0.29) is 0 Å². The molecule has 0 bridgehead atoms. The van der Waals surface area contributed by atoms with Crippen LogP contribution in [0.4, 0.5) is 5.82 Å². The van der Waals surface area contributed by atoms with E-state index in [2.05, 4.69) is 31.2 Å². The van der Waals surface area contributed by atoms with Crippen LogP contribution in [0.3, 0.4) is 0 Å². The van der Waals surface area contributed by atoms with E-state index >= 15 is 0 Å². The van der Waals surface area contributed by atoms with E-state index in [9.17, 15) is 0 Å². The molecule has 2 aromatic heterocycles. The van der Waals surface area contributed by atoms with Gasteiger partial charge in [-0.1, -0.05) is 0 Å². The predicted octanol–water partition coefficient (Wildman–Crippen LogP) is 3.63. The van der Waals surface area contributed by atoms with Gasteiger partial charge in [0.25, 0.3) is 0 Å². The Morgan fingerprint density at radius 1 is 1.31 bits per heavy atom. The van der Waals surface area contributed by atoms with Gasteiger partial charge in [-0.2, -0.15) is 0 Å². The van der Waals surface area contributed by atoms with Gasteiger partial charge in [0.05, 0.1) is 4.88 Å². The number of hydrogen-bond acceptors (Lipinski definition) is 4. The molecule has 2 heterocycles. The summed E-state index contributed by atoms with van der Waals surface area (Å²) in [6, 6.07) is 2.01. The maximum atomic E-state index is 4.51. The van der Waals surface area contributed by atoms with Gasteiger partial charge in [0.2, 0.25) is 0 Å². The third kappa shape index (κ3) is 1.97. The Morgan fingerprint density at radius 3 is 2.62 bits per heavy atom. The van der Waals surface area contributed by atoms with Crippen LogP contribution < -0.4 is 5.32 Å². The van der Waals surface area contributed by atoms with Gasteiger partial charge in [-0.05, 0) is 41.2 Å². The quantitative estimate of drug-likeness (QED) is 0.920. The number of hydrogen-bond donors (Lipinski definition) is 1. The molecular weight excluding hydrogens is 286 g/mol. The summed E-state index contributed by atoms with van der Waals surface area (Å²) in [6.07, 6.45) is 0. The van der Waals surface area contributed by atoms with Gasteiger partial charge < -0.3 is 5.32 Å². The SMILES string of the molecule is CNc1nc(-c2sccc2Br)nc(C)c1C. The second-order valence-corrected chi connectivity index (χ2v) is 5.22. The Kier molecular flexibility index (Phi) is 3.25. The van der Waals surface area contributed by atoms with Crippen molar-refractivity contribution >= 4 is 33.1 Å². The molecule has 2 aromatic rings. The third-order valence-corrected chi connectivity index (χ3v) is 4.28. The zero-order valence-corrected chi connectivity index (χ0v) is 11.7. The highest BCUT2D eigenvalue weighted by molar-refractivity contribution is 9.10. The van der Waals surface area contributed by atoms with Crippen LogP contribution in [0, 0.1) is 13.8 Å². The Hall–Kier alpha value is -0.940. The molecule has 0 aromatic carbocycles. The Balaban J connectivity index is 2.59. The molecule has 0 spiro atoms. The van der Waals surface area contributed by atoms with Crippen molar-refractivity contribution in [2.75, 3.05) is 12.4 Å². The zero-order chi connectivity index (χ0) is 11.7. The lowest BCUT2D eigenvalue weighted by molar-refractivity contribution is 1.07. The molecule has 0 unspecified atom stereocenters. The van der Waals surface area contributed by atoms with Crippen LogP contribution in [0.2, 0.25) is 0 Å². The molecule has 3 nitrogen and oxygen atoms in total. The highest BCUT2D eigenvalue weighted by atomic mass is 79.9. The molecule has 0 atom stereocenters. The molecule has 84 valence electrons. The maximum absolute atomic E-state index is 4.51. The standard InChI is InChI=1S/C11H12BrN3S/c1-6-7(2)14-11(15-10(6)13-3)9-8(12)4-5-16-9/h4-5H,1-3H3,(H,13,14,15). The van der Waals surface area contributed by atoms with E-state index in [0.717, 1.165) is 32.2 Å². The molecule has 1 N–H and O–H groups in total. The molecule has 0 radical (unpaired) electrons. The van der Waals surface area contributed by atoms with Crippen LogP contribution in [-0.2, 0) is 0 Å². The predicted molar refractivity (Wildman–Crippen MR) is 72.1 cm³/mol. The van der Waals surface area contributed by atoms with Crippen LogP contribution in [0.1, 0.15) is 11.3 Å². The molecule has 0 amide bonds. The second-order valence-electron chi connectivity index (χ2n) is 3.45. The summed E-state index contributed by atoms with van der Waals surface area (Å²) in [6.45, 7) is 4.03. The van der Waals surface area contributed by atoms with Crippen molar-refractivity contribution in [3.8, 4) is 10.7 Å². The number of halogens is 1. The molecule has 16 heavy (non-hydrogen) atoms. The summed E-state index contributed by atoms with van der Waals surface area (Å²) in [7, 11) is 1.88. The lowest BCUT2D eigenvalue weighted by Crippen LogP contribution is -2.02. The average Bonchev–Trinajstić information content (AvgIpc) is 2.68. The summed E-state index contributed by atoms with van der Waals surface area (Å²) in [5.41, 5.74) is 2.11. The summed E-state index contributed by atoms with van der Waals surface area (Å²) >= 11 is 5.14. The van der Waals surface area contributed by atoms with Gasteiger partial charge >= 0.3 is 0 Å². The lowest BCUT2D eigenvalue weighted by atomic mass is 10.2. The Morgan fingerprint density at radius 2 is 2.06 bits per heavy atom. The second kappa shape index (κ2) is 4.51. The van der Waals surface area contributed by atoms with E-state index in [1.807, 2.05) is 32.3 Å². The van der Waals surface area contributed by atoms with Crippen molar-refractivity contribution in [1.82, 2.24) is 9.97 Å². The van der Waals surface area contributed by atoms with E-state index in [1.165, 1.54) is 0 Å². The number of nitrogens with one attached hydrogen (secondary N) is 1. The fourth-order valence-corrected chi connectivity index (χ4v) is 2.91. The van der Waals surface area contributed by atoms with Crippen molar-refractivity contribution in [3.63, 3.8) is 0 Å². The first-order chi connectivity index (χ1) is 7.63. The largest absolute Gasteiger partial charge is 0.373 e. The number of nitrogens with zero attached hydrogens (tertiary/aromatic N) is 2. The molecule has 2 rings (SSSR count). The van der Waals surface area contributed by atoms with E-state index in [0.29, 0.717) is 0 Å². The van der Waals surface area contributed by atoms with Gasteiger partial charge in [0.15, 0.2) is 5.82 Å². The van der Waals surface area contributed by atoms with Gasteiger partial charge in [-0.25, -0.2) is 9.97 Å². The van der Waals surface area contributed by atoms with Crippen LogP contribution in [0.15, 0.2) is 15.9 Å². The first-order valence-corrected chi connectivity index (χ1v) is 6.57. The minimum Gasteiger partial charge on any atom is -0.373 e. The average molecular weight is 298 g/mol. The maximum Gasteiger partial charge on any atom is 0.173 e. The van der Waals surface area contributed by atoms with Crippen LogP contribution >= 0.6 is 27.3 Å². The zero-order valence-electron chi connectivity index (χ0n) is 9.34. The van der Waals surface area contributed by atoms with E-state index in [1.54, 1.807) is 11.3 Å².